The smallest absolute Gasteiger partial charge is 0.408 e. The second-order valence-electron chi connectivity index (χ2n) is 27.0. The van der Waals surface area contributed by atoms with E-state index in [2.05, 4.69) is 181 Å². The average Bonchev–Trinajstić information content (AvgIpc) is 1.60. The summed E-state index contributed by atoms with van der Waals surface area (Å²) in [6, 6.07) is 12.8. The highest BCUT2D eigenvalue weighted by atomic mass is 79.9. The van der Waals surface area contributed by atoms with Crippen molar-refractivity contribution in [3.05, 3.63) is 299 Å². The highest BCUT2D eigenvalue weighted by molar-refractivity contribution is 9.11. The quantitative estimate of drug-likeness (QED) is 0.0179. The Bertz CT molecular complexity index is 6330. The number of amides is 4. The van der Waals surface area contributed by atoms with Gasteiger partial charge in [0.05, 0.1) is 37.7 Å². The predicted molar refractivity (Wildman–Crippen MR) is 473 cm³/mol. The van der Waals surface area contributed by atoms with Gasteiger partial charge in [-0.05, 0) is 220 Å². The van der Waals surface area contributed by atoms with Crippen LogP contribution in [0.15, 0.2) is 174 Å². The maximum atomic E-state index is 14.1. The van der Waals surface area contributed by atoms with Crippen molar-refractivity contribution in [3.8, 4) is 0 Å². The predicted octanol–water partition coefficient (Wildman–Crippen LogP) is 10.8. The summed E-state index contributed by atoms with van der Waals surface area (Å²) < 4.78 is 125. The van der Waals surface area contributed by atoms with Crippen molar-refractivity contribution in [2.45, 2.75) is 93.1 Å². The molecular formula is C78H71Br6F8N21O19. The van der Waals surface area contributed by atoms with E-state index in [-0.39, 0.29) is 82.4 Å². The molecule has 3 aliphatic rings. The fourth-order valence-electron chi connectivity index (χ4n) is 10.3. The number of rotatable bonds is 12. The molecule has 40 nitrogen and oxygen atoms in total. The minimum Gasteiger partial charge on any atom is -0.618 e. The number of fused-ring (bicyclic) bond motifs is 3. The van der Waals surface area contributed by atoms with Crippen LogP contribution in [0.25, 0.3) is 0 Å². The number of nitrogens with two attached hydrogens (primary N) is 2. The molecule has 700 valence electrons. The summed E-state index contributed by atoms with van der Waals surface area (Å²) in [5.74, 6) is -11.7. The molecule has 11 aromatic heterocycles. The highest BCUT2D eigenvalue weighted by Gasteiger charge is 2.42. The number of H-pyrrole nitrogens is 2. The minimum atomic E-state index is -1.37. The Morgan fingerprint density at radius 2 is 0.826 bits per heavy atom. The Morgan fingerprint density at radius 3 is 1.18 bits per heavy atom. The number of hydrogen-bond donors (Lipinski definition) is 10. The lowest BCUT2D eigenvalue weighted by Gasteiger charge is -2.22. The number of pyridine rings is 8. The molecule has 14 rings (SSSR count). The van der Waals surface area contributed by atoms with Gasteiger partial charge in [-0.25, -0.2) is 89.8 Å². The topological polar surface area (TPSA) is 576 Å². The van der Waals surface area contributed by atoms with Crippen LogP contribution in [0.2, 0.25) is 0 Å². The molecule has 0 unspecified atom stereocenters. The van der Waals surface area contributed by atoms with Gasteiger partial charge in [0.25, 0.3) is 51.4 Å². The van der Waals surface area contributed by atoms with E-state index < -0.39 is 162 Å². The van der Waals surface area contributed by atoms with Crippen LogP contribution in [0, 0.1) is 51.7 Å². The number of ether oxygens (including phenoxy) is 3. The van der Waals surface area contributed by atoms with E-state index in [1.807, 2.05) is 4.98 Å². The highest BCUT2D eigenvalue weighted by Crippen LogP contribution is 2.29. The third-order valence-corrected chi connectivity index (χ3v) is 18.7. The Labute approximate surface area is 788 Å². The SMILES string of the molecule is CC(C)=O.CC1(C)NC(=O)c2c(F)cc(Br)c(=O)n21.CC1(C)NC(=O)c2c(F)cc(Nc3ccncn3)c(=O)n21.CC1(C)NC(=O)c2c(F)cc(Nc3ccncn3)c(=O)n21.CCOC(=O)c1[nH]c(=O)c(Br)cc1F.CCOC(=O)c1c(F)cc(Br)c[n+]1[O-].CCOC(=O)c1ncc(Br)cc1F.NC(=O)c1[nH]c(=O)c(Br)cc1F.Nc1ccncn1.O=C(O)c1ncc(Br)cc1F. The van der Waals surface area contributed by atoms with Gasteiger partial charge in [-0.3, -0.25) is 56.9 Å². The number of Topliss-reactive ketones (excluding diaryl/α,β-unsaturated/α-hetero) is 1. The number of anilines is 5. The van der Waals surface area contributed by atoms with Gasteiger partial charge in [0.2, 0.25) is 5.82 Å². The molecule has 0 aliphatic carbocycles. The number of carboxylic acid groups (broad SMARTS) is 1. The van der Waals surface area contributed by atoms with E-state index in [0.717, 1.165) is 62.4 Å². The van der Waals surface area contributed by atoms with Crippen molar-refractivity contribution in [1.29, 1.82) is 0 Å². The van der Waals surface area contributed by atoms with Gasteiger partial charge in [0, 0.05) is 58.1 Å². The molecule has 0 fully saturated rings. The number of aromatic nitrogens is 14. The number of aromatic amines is 2. The van der Waals surface area contributed by atoms with Crippen molar-refractivity contribution < 1.29 is 102 Å². The minimum absolute atomic E-state index is 0.000440. The molecule has 12 N–H and O–H groups in total. The van der Waals surface area contributed by atoms with Crippen LogP contribution in [-0.4, -0.2) is 142 Å². The fourth-order valence-corrected chi connectivity index (χ4v) is 12.3. The number of nitrogens with one attached hydrogen (secondary N) is 7. The lowest BCUT2D eigenvalue weighted by Crippen LogP contribution is -2.42. The number of carbonyl (C=O) groups is 9. The summed E-state index contributed by atoms with van der Waals surface area (Å²) in [6.07, 6.45) is 12.2. The molecule has 0 spiro atoms. The molecule has 0 radical (unpaired) electrons. The first-order chi connectivity index (χ1) is 61.7. The number of primary amides is 1. The third-order valence-electron chi connectivity index (χ3n) is 15.6. The zero-order valence-electron chi connectivity index (χ0n) is 69.8. The number of nitrogens with zero attached hydrogens (tertiary/aromatic N) is 12. The van der Waals surface area contributed by atoms with Crippen molar-refractivity contribution in [2.75, 3.05) is 36.2 Å². The molecular weight excluding hydrogens is 2170 g/mol. The molecule has 4 amide bonds. The van der Waals surface area contributed by atoms with E-state index in [1.54, 1.807) is 86.7 Å². The van der Waals surface area contributed by atoms with E-state index in [9.17, 15) is 107 Å². The fraction of sp³-hybridized carbons (Fsp3) is 0.218. The van der Waals surface area contributed by atoms with Crippen molar-refractivity contribution in [2.24, 2.45) is 5.73 Å². The van der Waals surface area contributed by atoms with E-state index in [1.165, 1.54) is 63.7 Å². The summed E-state index contributed by atoms with van der Waals surface area (Å²) in [5.41, 5.74) is 1.30. The maximum absolute atomic E-state index is 14.1. The van der Waals surface area contributed by atoms with E-state index >= 15 is 0 Å². The molecule has 0 saturated carbocycles. The summed E-state index contributed by atoms with van der Waals surface area (Å²) in [7, 11) is 0. The third kappa shape index (κ3) is 30.2. The Morgan fingerprint density at radius 1 is 0.470 bits per heavy atom. The van der Waals surface area contributed by atoms with Gasteiger partial charge < -0.3 is 77.3 Å². The second-order valence-corrected chi connectivity index (χ2v) is 32.3. The van der Waals surface area contributed by atoms with Crippen molar-refractivity contribution in [1.82, 2.24) is 79.5 Å². The lowest BCUT2D eigenvalue weighted by atomic mass is 10.2. The zero-order chi connectivity index (χ0) is 99.5. The summed E-state index contributed by atoms with van der Waals surface area (Å²) in [4.78, 5) is 191. The van der Waals surface area contributed by atoms with Gasteiger partial charge in [-0.2, -0.15) is 9.12 Å². The van der Waals surface area contributed by atoms with Crippen LogP contribution < -0.4 is 70.6 Å². The van der Waals surface area contributed by atoms with Crippen LogP contribution in [0.3, 0.4) is 0 Å². The van der Waals surface area contributed by atoms with Gasteiger partial charge in [0.15, 0.2) is 64.0 Å². The molecule has 0 saturated heterocycles. The number of aromatic carboxylic acids is 1. The normalized spacial score (nSPS) is 12.3. The van der Waals surface area contributed by atoms with Gasteiger partial charge in [0.1, 0.15) is 93.4 Å². The van der Waals surface area contributed by atoms with Crippen molar-refractivity contribution >= 4 is 178 Å². The van der Waals surface area contributed by atoms with Crippen LogP contribution >= 0.6 is 95.6 Å². The van der Waals surface area contributed by atoms with Crippen LogP contribution in [0.5, 0.6) is 0 Å². The Balaban J connectivity index is 0.000000265. The standard InChI is InChI=1S/2C13H12FN5O2.C9H8BrFN2O2.2C8H7BrFNO3.C8H7BrFNO2.C6H4BrFN2O2.C6H3BrFNO2.C4H5N3.C3H6O/c2*1-13(2)18-11(20)10-7(14)5-8(12(21)19(10)13)17-9-3-4-15-6-16-9;1-9(2)12-7(14)6-5(11)3-4(10)8(15)13(6)9;1-2-14-8(12)7-6(10)3-5(9)4-11(7)13;1-2-14-8(13)6-5(10)3-4(9)7(12)11-6;1-2-13-8(12)7-6(10)3-5(9)4-11-7;7-2-1-3(8)4(5(9)11)10-6(2)12;7-3-1-4(8)5(6(10)11)9-2-3;5-4-1-2-6-3-7-4;1-3(2)4/h2*3-6H,1-2H3,(H,18,20)(H,15,16,17);3H,1-2H3,(H,12,14);3-4H,2H2,1H3;3H,2H2,1H3,(H,11,12);3-4H,2H2,1H3;1H,(H2,9,11)(H,10,12);1-2H,(H,10,11);1-3H,(H2,5,6,7);1-2H3. The number of hydrogen-bond acceptors (Lipinski definition) is 29. The van der Waals surface area contributed by atoms with Gasteiger partial charge in [-0.1, -0.05) is 0 Å². The monoisotopic (exact) mass is 2230 g/mol. The van der Waals surface area contributed by atoms with Gasteiger partial charge >= 0.3 is 29.6 Å². The van der Waals surface area contributed by atoms with E-state index in [0.29, 0.717) is 26.4 Å². The molecule has 11 aromatic rings. The molecule has 3 aliphatic heterocycles. The van der Waals surface area contributed by atoms with Crippen LogP contribution in [-0.2, 0) is 36.0 Å². The first kappa shape index (κ1) is 109. The summed E-state index contributed by atoms with van der Waals surface area (Å²) in [6.45, 7) is 18.0. The molecule has 54 heteroatoms. The number of halogens is 14. The Hall–Kier alpha value is -13.6. The molecule has 0 bridgehead atoms. The maximum Gasteiger partial charge on any atom is 0.408 e. The van der Waals surface area contributed by atoms with E-state index in [4.69, 9.17) is 16.6 Å². The number of carboxylic acids is 1. The average molecular weight is 2240 g/mol. The number of esters is 3. The molecule has 132 heavy (non-hydrogen) atoms. The number of nitrogen functional groups attached to an aromatic ring is 1. The summed E-state index contributed by atoms with van der Waals surface area (Å²) in [5, 5.41) is 32.6. The second kappa shape index (κ2) is 48.9. The lowest BCUT2D eigenvalue weighted by molar-refractivity contribution is -0.610. The molecule has 14 heterocycles. The zero-order valence-corrected chi connectivity index (χ0v) is 79.3. The van der Waals surface area contributed by atoms with Crippen molar-refractivity contribution in [3.63, 3.8) is 0 Å². The molecule has 0 aromatic carbocycles. The number of ketones is 1. The van der Waals surface area contributed by atoms with Gasteiger partial charge in [-0.15, -0.1) is 0 Å². The summed E-state index contributed by atoms with van der Waals surface area (Å²) >= 11 is 17.5. The number of carbonyl (C=O) groups excluding carboxylic acids is 8. The van der Waals surface area contributed by atoms with Crippen LogP contribution in [0.4, 0.5) is 64.0 Å². The first-order valence-electron chi connectivity index (χ1n) is 36.6. The molecule has 0 atom stereocenters. The first-order valence-corrected chi connectivity index (χ1v) is 41.4. The largest absolute Gasteiger partial charge is 0.618 e. The van der Waals surface area contributed by atoms with Crippen LogP contribution in [0.1, 0.15) is 160 Å². The Kier molecular flexibility index (Phi) is 40.3.